The fourth-order valence-electron chi connectivity index (χ4n) is 3.17. The Balaban J connectivity index is 1.50. The Labute approximate surface area is 155 Å². The van der Waals surface area contributed by atoms with Crippen LogP contribution < -0.4 is 5.32 Å². The van der Waals surface area contributed by atoms with E-state index in [-0.39, 0.29) is 18.1 Å². The number of nitrogens with zero attached hydrogens (tertiary/aromatic N) is 3. The van der Waals surface area contributed by atoms with E-state index in [1.807, 2.05) is 28.8 Å². The van der Waals surface area contributed by atoms with Crippen molar-refractivity contribution in [3.63, 3.8) is 0 Å². The number of imidazole rings is 1. The van der Waals surface area contributed by atoms with Crippen LogP contribution in [0.4, 0.5) is 10.3 Å². The van der Waals surface area contributed by atoms with Crippen LogP contribution in [0.3, 0.4) is 0 Å². The van der Waals surface area contributed by atoms with E-state index in [9.17, 15) is 9.18 Å². The number of benzene rings is 2. The van der Waals surface area contributed by atoms with Gasteiger partial charge in [-0.3, -0.25) is 10.1 Å². The molecule has 0 bridgehead atoms. The Bertz CT molecular complexity index is 1030. The Kier molecular flexibility index (Phi) is 4.58. The number of aromatic nitrogens is 2. The average Bonchev–Trinajstić information content (AvgIpc) is 3.28. The Hall–Kier alpha value is -3.22. The van der Waals surface area contributed by atoms with Crippen molar-refractivity contribution in [2.45, 2.75) is 32.4 Å². The molecule has 1 aromatic heterocycles. The number of carbonyl (C=O) groups excluding carboxylic acids is 1. The number of amides is 1. The second-order valence-corrected chi connectivity index (χ2v) is 6.41. The highest BCUT2D eigenvalue weighted by Gasteiger charge is 2.30. The topological polar surface area (TPSA) is 68.5 Å². The number of oxime groups is 1. The SMILES string of the molecule is CCCn1c(NC(=O)C2CC(c3cccc(F)c3)=NO2)nc2ccccc21. The van der Waals surface area contributed by atoms with Crippen LogP contribution in [-0.2, 0) is 16.2 Å². The van der Waals surface area contributed by atoms with Gasteiger partial charge in [0.2, 0.25) is 12.1 Å². The molecule has 0 fully saturated rings. The quantitative estimate of drug-likeness (QED) is 0.748. The number of hydrogen-bond donors (Lipinski definition) is 1. The molecule has 27 heavy (non-hydrogen) atoms. The molecule has 1 amide bonds. The van der Waals surface area contributed by atoms with E-state index in [1.54, 1.807) is 12.1 Å². The molecule has 138 valence electrons. The summed E-state index contributed by atoms with van der Waals surface area (Å²) in [5.74, 6) is -0.181. The molecule has 0 aliphatic carbocycles. The third-order valence-electron chi connectivity index (χ3n) is 4.46. The minimum atomic E-state index is -0.766. The Morgan fingerprint density at radius 2 is 2.15 bits per heavy atom. The zero-order valence-corrected chi connectivity index (χ0v) is 14.9. The Morgan fingerprint density at radius 3 is 2.96 bits per heavy atom. The highest BCUT2D eigenvalue weighted by Crippen LogP contribution is 2.22. The standard InChI is InChI=1S/C20H19FN4O2/c1-2-10-25-17-9-4-3-8-15(17)22-20(25)23-19(26)18-12-16(24-27-18)13-6-5-7-14(21)11-13/h3-9,11,18H,2,10,12H2,1H3,(H,22,23,26). The molecule has 1 unspecified atom stereocenters. The van der Waals surface area contributed by atoms with Gasteiger partial charge in [-0.1, -0.05) is 36.3 Å². The first-order valence-corrected chi connectivity index (χ1v) is 8.90. The van der Waals surface area contributed by atoms with Crippen molar-refractivity contribution in [1.82, 2.24) is 9.55 Å². The van der Waals surface area contributed by atoms with Crippen LogP contribution in [0.2, 0.25) is 0 Å². The zero-order chi connectivity index (χ0) is 18.8. The lowest BCUT2D eigenvalue weighted by Gasteiger charge is -2.11. The number of hydrogen-bond acceptors (Lipinski definition) is 4. The fourth-order valence-corrected chi connectivity index (χ4v) is 3.17. The minimum Gasteiger partial charge on any atom is -0.382 e. The maximum Gasteiger partial charge on any atom is 0.271 e. The van der Waals surface area contributed by atoms with Crippen molar-refractivity contribution in [2.75, 3.05) is 5.32 Å². The van der Waals surface area contributed by atoms with Crippen LogP contribution >= 0.6 is 0 Å². The molecule has 2 heterocycles. The minimum absolute atomic E-state index is 0.281. The number of rotatable bonds is 5. The van der Waals surface area contributed by atoms with Crippen molar-refractivity contribution in [2.24, 2.45) is 5.16 Å². The van der Waals surface area contributed by atoms with E-state index in [4.69, 9.17) is 4.84 Å². The van der Waals surface area contributed by atoms with Crippen LogP contribution in [0.25, 0.3) is 11.0 Å². The highest BCUT2D eigenvalue weighted by molar-refractivity contribution is 6.06. The van der Waals surface area contributed by atoms with Gasteiger partial charge in [0.05, 0.1) is 16.7 Å². The molecule has 0 spiro atoms. The van der Waals surface area contributed by atoms with Gasteiger partial charge in [-0.15, -0.1) is 0 Å². The summed E-state index contributed by atoms with van der Waals surface area (Å²) in [7, 11) is 0. The van der Waals surface area contributed by atoms with Gasteiger partial charge >= 0.3 is 0 Å². The van der Waals surface area contributed by atoms with Crippen LogP contribution in [-0.4, -0.2) is 27.3 Å². The van der Waals surface area contributed by atoms with Crippen molar-refractivity contribution < 1.29 is 14.0 Å². The highest BCUT2D eigenvalue weighted by atomic mass is 19.1. The summed E-state index contributed by atoms with van der Waals surface area (Å²) in [4.78, 5) is 22.5. The summed E-state index contributed by atoms with van der Waals surface area (Å²) < 4.78 is 15.4. The van der Waals surface area contributed by atoms with Gasteiger partial charge in [-0.2, -0.15) is 0 Å². The molecular weight excluding hydrogens is 347 g/mol. The molecule has 6 nitrogen and oxygen atoms in total. The molecule has 1 N–H and O–H groups in total. The first-order chi connectivity index (χ1) is 13.2. The van der Waals surface area contributed by atoms with Gasteiger partial charge in [0, 0.05) is 18.5 Å². The predicted molar refractivity (Wildman–Crippen MR) is 101 cm³/mol. The summed E-state index contributed by atoms with van der Waals surface area (Å²) in [6.45, 7) is 2.81. The van der Waals surface area contributed by atoms with E-state index in [1.165, 1.54) is 12.1 Å². The van der Waals surface area contributed by atoms with Gasteiger partial charge in [0.1, 0.15) is 5.82 Å². The molecule has 0 saturated heterocycles. The molecule has 3 aromatic rings. The largest absolute Gasteiger partial charge is 0.382 e. The van der Waals surface area contributed by atoms with E-state index in [0.29, 0.717) is 17.2 Å². The number of para-hydroxylation sites is 2. The van der Waals surface area contributed by atoms with Gasteiger partial charge in [0.25, 0.3) is 5.91 Å². The van der Waals surface area contributed by atoms with Crippen molar-refractivity contribution in [3.05, 3.63) is 59.9 Å². The average molecular weight is 366 g/mol. The summed E-state index contributed by atoms with van der Waals surface area (Å²) in [5.41, 5.74) is 2.96. The van der Waals surface area contributed by atoms with Crippen molar-refractivity contribution in [1.29, 1.82) is 0 Å². The lowest BCUT2D eigenvalue weighted by atomic mass is 10.0. The predicted octanol–water partition coefficient (Wildman–Crippen LogP) is 3.72. The normalized spacial score (nSPS) is 16.2. The lowest BCUT2D eigenvalue weighted by molar-refractivity contribution is -0.125. The lowest BCUT2D eigenvalue weighted by Crippen LogP contribution is -2.29. The molecule has 7 heteroatoms. The number of carbonyl (C=O) groups is 1. The fraction of sp³-hybridized carbons (Fsp3) is 0.250. The molecule has 0 saturated carbocycles. The zero-order valence-electron chi connectivity index (χ0n) is 14.9. The number of anilines is 1. The monoisotopic (exact) mass is 366 g/mol. The molecule has 0 radical (unpaired) electrons. The molecule has 2 aromatic carbocycles. The van der Waals surface area contributed by atoms with E-state index in [2.05, 4.69) is 22.4 Å². The van der Waals surface area contributed by atoms with Gasteiger partial charge in [-0.05, 0) is 30.7 Å². The van der Waals surface area contributed by atoms with Crippen molar-refractivity contribution >= 4 is 28.6 Å². The third kappa shape index (κ3) is 3.40. The van der Waals surface area contributed by atoms with Gasteiger partial charge in [-0.25, -0.2) is 9.37 Å². The second-order valence-electron chi connectivity index (χ2n) is 6.41. The summed E-state index contributed by atoms with van der Waals surface area (Å²) >= 11 is 0. The first kappa shape index (κ1) is 17.2. The molecule has 1 aliphatic heterocycles. The van der Waals surface area contributed by atoms with Gasteiger partial charge < -0.3 is 9.40 Å². The first-order valence-electron chi connectivity index (χ1n) is 8.90. The van der Waals surface area contributed by atoms with E-state index in [0.717, 1.165) is 24.0 Å². The van der Waals surface area contributed by atoms with Crippen LogP contribution in [0.15, 0.2) is 53.7 Å². The van der Waals surface area contributed by atoms with Crippen LogP contribution in [0.1, 0.15) is 25.3 Å². The van der Waals surface area contributed by atoms with E-state index >= 15 is 0 Å². The smallest absolute Gasteiger partial charge is 0.271 e. The number of halogens is 1. The molecular formula is C20H19FN4O2. The van der Waals surface area contributed by atoms with Crippen LogP contribution in [0, 0.1) is 5.82 Å². The van der Waals surface area contributed by atoms with Crippen LogP contribution in [0.5, 0.6) is 0 Å². The summed E-state index contributed by atoms with van der Waals surface area (Å²) in [5, 5.41) is 6.81. The van der Waals surface area contributed by atoms with Gasteiger partial charge in [0.15, 0.2) is 0 Å². The summed E-state index contributed by atoms with van der Waals surface area (Å²) in [6.07, 6.45) is 0.428. The maximum absolute atomic E-state index is 13.4. The second kappa shape index (κ2) is 7.19. The third-order valence-corrected chi connectivity index (χ3v) is 4.46. The molecule has 1 atom stereocenters. The maximum atomic E-state index is 13.4. The molecule has 4 rings (SSSR count). The number of aryl methyl sites for hydroxylation is 1. The van der Waals surface area contributed by atoms with E-state index < -0.39 is 6.10 Å². The molecule has 1 aliphatic rings. The Morgan fingerprint density at radius 1 is 1.30 bits per heavy atom. The number of fused-ring (bicyclic) bond motifs is 1. The number of nitrogens with one attached hydrogen (secondary N) is 1. The van der Waals surface area contributed by atoms with Crippen molar-refractivity contribution in [3.8, 4) is 0 Å². The summed E-state index contributed by atoms with van der Waals surface area (Å²) in [6, 6.07) is 13.8.